The Morgan fingerprint density at radius 3 is 3.00 bits per heavy atom. The second-order valence-corrected chi connectivity index (χ2v) is 4.45. The summed E-state index contributed by atoms with van der Waals surface area (Å²) in [7, 11) is 0. The fourth-order valence-corrected chi connectivity index (χ4v) is 2.25. The topological polar surface area (TPSA) is 29.1 Å². The highest BCUT2D eigenvalue weighted by atomic mass is 35.5. The van der Waals surface area contributed by atoms with Crippen molar-refractivity contribution in [3.63, 3.8) is 0 Å². The van der Waals surface area contributed by atoms with Crippen molar-refractivity contribution in [2.45, 2.75) is 25.3 Å². The molecule has 0 aliphatic carbocycles. The summed E-state index contributed by atoms with van der Waals surface area (Å²) in [5, 5.41) is 3.45. The maximum Gasteiger partial charge on any atom is 0.165 e. The molecule has 1 unspecified atom stereocenters. The summed E-state index contributed by atoms with van der Waals surface area (Å²) in [6.45, 7) is 0.967. The van der Waals surface area contributed by atoms with Gasteiger partial charge in [0.1, 0.15) is 5.82 Å². The Morgan fingerprint density at radius 1 is 1.56 bits per heavy atom. The van der Waals surface area contributed by atoms with E-state index in [1.165, 1.54) is 18.2 Å². The van der Waals surface area contributed by atoms with Crippen molar-refractivity contribution >= 4 is 17.4 Å². The van der Waals surface area contributed by atoms with E-state index in [0.717, 1.165) is 19.4 Å². The smallest absolute Gasteiger partial charge is 0.165 e. The van der Waals surface area contributed by atoms with E-state index in [1.54, 1.807) is 0 Å². The van der Waals surface area contributed by atoms with Gasteiger partial charge in [0, 0.05) is 18.0 Å². The lowest BCUT2D eigenvalue weighted by Crippen LogP contribution is -2.24. The number of hydrogen-bond acceptors (Lipinski definition) is 2. The van der Waals surface area contributed by atoms with Crippen LogP contribution in [0.1, 0.15) is 29.6 Å². The molecule has 1 heterocycles. The number of carbonyl (C=O) groups excluding carboxylic acids is 1. The lowest BCUT2D eigenvalue weighted by Gasteiger charge is -2.09. The first-order chi connectivity index (χ1) is 7.66. The number of carbonyl (C=O) groups is 1. The van der Waals surface area contributed by atoms with Crippen LogP contribution < -0.4 is 5.32 Å². The molecule has 1 aromatic rings. The molecule has 0 radical (unpaired) electrons. The average molecular weight is 242 g/mol. The highest BCUT2D eigenvalue weighted by Crippen LogP contribution is 2.20. The molecule has 1 aliphatic rings. The minimum Gasteiger partial charge on any atom is -0.314 e. The summed E-state index contributed by atoms with van der Waals surface area (Å²) in [5.74, 6) is -0.440. The van der Waals surface area contributed by atoms with Gasteiger partial charge < -0.3 is 5.32 Å². The van der Waals surface area contributed by atoms with E-state index in [0.29, 0.717) is 12.0 Å². The van der Waals surface area contributed by atoms with Crippen LogP contribution in [0, 0.1) is 5.82 Å². The molecule has 2 nitrogen and oxygen atoms in total. The number of ketones is 1. The molecule has 1 N–H and O–H groups in total. The molecular weight excluding hydrogens is 229 g/mol. The van der Waals surface area contributed by atoms with Gasteiger partial charge in [0.05, 0.1) is 5.02 Å². The van der Waals surface area contributed by atoms with E-state index in [4.69, 9.17) is 11.6 Å². The molecule has 1 aromatic carbocycles. The largest absolute Gasteiger partial charge is 0.314 e. The molecular formula is C12H13ClFNO. The Labute approximate surface area is 98.8 Å². The van der Waals surface area contributed by atoms with Gasteiger partial charge in [-0.05, 0) is 37.6 Å². The maximum absolute atomic E-state index is 12.8. The summed E-state index contributed by atoms with van der Waals surface area (Å²) >= 11 is 5.83. The fraction of sp³-hybridized carbons (Fsp3) is 0.417. The van der Waals surface area contributed by atoms with Gasteiger partial charge in [-0.15, -0.1) is 0 Å². The second kappa shape index (κ2) is 4.93. The minimum atomic E-state index is -0.416. The van der Waals surface area contributed by atoms with Crippen molar-refractivity contribution in [1.29, 1.82) is 0 Å². The Hall–Kier alpha value is -0.930. The molecule has 16 heavy (non-hydrogen) atoms. The van der Waals surface area contributed by atoms with Crippen LogP contribution in [0.3, 0.4) is 0 Å². The summed E-state index contributed by atoms with van der Waals surface area (Å²) < 4.78 is 12.8. The molecule has 1 saturated heterocycles. The molecule has 86 valence electrons. The zero-order valence-electron chi connectivity index (χ0n) is 8.80. The molecule has 0 bridgehead atoms. The first kappa shape index (κ1) is 11.6. The minimum absolute atomic E-state index is 0.0237. The zero-order chi connectivity index (χ0) is 11.5. The zero-order valence-corrected chi connectivity index (χ0v) is 9.56. The van der Waals surface area contributed by atoms with E-state index < -0.39 is 5.82 Å². The number of halogens is 2. The molecule has 1 aliphatic heterocycles. The second-order valence-electron chi connectivity index (χ2n) is 4.04. The van der Waals surface area contributed by atoms with Crippen LogP contribution >= 0.6 is 11.6 Å². The average Bonchev–Trinajstić information content (AvgIpc) is 2.70. The lowest BCUT2D eigenvalue weighted by atomic mass is 10.0. The molecule has 1 fully saturated rings. The van der Waals surface area contributed by atoms with Crippen LogP contribution in [0.4, 0.5) is 4.39 Å². The third kappa shape index (κ3) is 2.60. The van der Waals surface area contributed by atoms with E-state index in [2.05, 4.69) is 5.32 Å². The van der Waals surface area contributed by atoms with Crippen LogP contribution in [0.15, 0.2) is 18.2 Å². The van der Waals surface area contributed by atoms with Gasteiger partial charge >= 0.3 is 0 Å². The molecule has 0 amide bonds. The van der Waals surface area contributed by atoms with Gasteiger partial charge in [0.25, 0.3) is 0 Å². The van der Waals surface area contributed by atoms with E-state index in [9.17, 15) is 9.18 Å². The van der Waals surface area contributed by atoms with Crippen molar-refractivity contribution in [3.8, 4) is 0 Å². The quantitative estimate of drug-likeness (QED) is 0.825. The number of benzene rings is 1. The normalized spacial score (nSPS) is 20.0. The molecule has 4 heteroatoms. The lowest BCUT2D eigenvalue weighted by molar-refractivity contribution is 0.0972. The molecule has 0 spiro atoms. The van der Waals surface area contributed by atoms with Gasteiger partial charge in [-0.1, -0.05) is 11.6 Å². The van der Waals surface area contributed by atoms with Crippen LogP contribution in [0.2, 0.25) is 5.02 Å². The highest BCUT2D eigenvalue weighted by molar-refractivity contribution is 6.34. The molecule has 1 atom stereocenters. The fourth-order valence-electron chi connectivity index (χ4n) is 1.98. The monoisotopic (exact) mass is 241 g/mol. The van der Waals surface area contributed by atoms with Gasteiger partial charge in [0.2, 0.25) is 0 Å². The standard InChI is InChI=1S/C12H13ClFNO/c13-11-6-8(14)3-4-10(11)12(16)7-9-2-1-5-15-9/h3-4,6,9,15H,1-2,5,7H2. The van der Waals surface area contributed by atoms with Crippen LogP contribution in [0.5, 0.6) is 0 Å². The number of Topliss-reactive ketones (excluding diaryl/α,β-unsaturated/α-hetero) is 1. The van der Waals surface area contributed by atoms with E-state index in [-0.39, 0.29) is 16.8 Å². The van der Waals surface area contributed by atoms with Crippen molar-refractivity contribution in [2.75, 3.05) is 6.54 Å². The number of hydrogen-bond donors (Lipinski definition) is 1. The molecule has 0 saturated carbocycles. The Kier molecular flexibility index (Phi) is 3.56. The van der Waals surface area contributed by atoms with Gasteiger partial charge in [-0.3, -0.25) is 4.79 Å². The number of rotatable bonds is 3. The van der Waals surface area contributed by atoms with Crippen LogP contribution in [-0.2, 0) is 0 Å². The Bertz CT molecular complexity index is 402. The molecule has 0 aromatic heterocycles. The summed E-state index contributed by atoms with van der Waals surface area (Å²) in [5.41, 5.74) is 0.414. The Morgan fingerprint density at radius 2 is 2.38 bits per heavy atom. The number of nitrogens with one attached hydrogen (secondary N) is 1. The van der Waals surface area contributed by atoms with Crippen LogP contribution in [-0.4, -0.2) is 18.4 Å². The first-order valence-electron chi connectivity index (χ1n) is 5.38. The van der Waals surface area contributed by atoms with Crippen molar-refractivity contribution in [2.24, 2.45) is 0 Å². The first-order valence-corrected chi connectivity index (χ1v) is 5.76. The van der Waals surface area contributed by atoms with E-state index in [1.807, 2.05) is 0 Å². The van der Waals surface area contributed by atoms with Gasteiger partial charge in [-0.2, -0.15) is 0 Å². The predicted octanol–water partition coefficient (Wildman–Crippen LogP) is 2.80. The van der Waals surface area contributed by atoms with Crippen molar-refractivity contribution < 1.29 is 9.18 Å². The van der Waals surface area contributed by atoms with Gasteiger partial charge in [0.15, 0.2) is 5.78 Å². The maximum atomic E-state index is 12.8. The predicted molar refractivity (Wildman–Crippen MR) is 61.4 cm³/mol. The summed E-state index contributed by atoms with van der Waals surface area (Å²) in [4.78, 5) is 11.9. The summed E-state index contributed by atoms with van der Waals surface area (Å²) in [6, 6.07) is 4.14. The third-order valence-corrected chi connectivity index (χ3v) is 3.14. The third-order valence-electron chi connectivity index (χ3n) is 2.83. The SMILES string of the molecule is O=C(CC1CCCN1)c1ccc(F)cc1Cl. The van der Waals surface area contributed by atoms with E-state index >= 15 is 0 Å². The highest BCUT2D eigenvalue weighted by Gasteiger charge is 2.20. The summed E-state index contributed by atoms with van der Waals surface area (Å²) in [6.07, 6.45) is 2.56. The van der Waals surface area contributed by atoms with Gasteiger partial charge in [-0.25, -0.2) is 4.39 Å². The van der Waals surface area contributed by atoms with Crippen molar-refractivity contribution in [1.82, 2.24) is 5.32 Å². The Balaban J connectivity index is 2.08. The van der Waals surface area contributed by atoms with Crippen LogP contribution in [0.25, 0.3) is 0 Å². The van der Waals surface area contributed by atoms with Crippen molar-refractivity contribution in [3.05, 3.63) is 34.6 Å². The molecule has 2 rings (SSSR count).